The zero-order valence-corrected chi connectivity index (χ0v) is 23.2. The molecule has 0 amide bonds. The summed E-state index contributed by atoms with van der Waals surface area (Å²) < 4.78 is 28.2. The summed E-state index contributed by atoms with van der Waals surface area (Å²) in [5.74, 6) is 0.611. The van der Waals surface area contributed by atoms with E-state index in [0.29, 0.717) is 11.3 Å². The van der Waals surface area contributed by atoms with E-state index in [1.807, 2.05) is 0 Å². The van der Waals surface area contributed by atoms with Gasteiger partial charge in [0, 0.05) is 7.11 Å². The third kappa shape index (κ3) is 6.76. The maximum absolute atomic E-state index is 12.7. The van der Waals surface area contributed by atoms with Crippen molar-refractivity contribution in [3.05, 3.63) is 33.7 Å². The summed E-state index contributed by atoms with van der Waals surface area (Å²) in [7, 11) is 1.34. The van der Waals surface area contributed by atoms with Crippen LogP contribution in [0.2, 0.25) is 5.28 Å². The average molecular weight is 564 g/mol. The van der Waals surface area contributed by atoms with Gasteiger partial charge in [0.1, 0.15) is 12.4 Å². The van der Waals surface area contributed by atoms with Gasteiger partial charge in [0.15, 0.2) is 28.8 Å². The van der Waals surface area contributed by atoms with Crippen LogP contribution in [0.3, 0.4) is 0 Å². The lowest BCUT2D eigenvalue weighted by molar-refractivity contribution is -0.178. The number of aromatic nitrogens is 4. The summed E-state index contributed by atoms with van der Waals surface area (Å²) in [4.78, 5) is 49.0. The lowest BCUT2D eigenvalue weighted by atomic mass is 9.97. The fraction of sp³-hybridized carbons (Fsp3) is 0.520. The molecule has 1 N–H and O–H groups in total. The number of rotatable bonds is 12. The number of halogens is 1. The summed E-state index contributed by atoms with van der Waals surface area (Å²) in [5, 5.41) is 2.90. The minimum Gasteiger partial charge on any atom is -0.461 e. The molecule has 0 spiro atoms. The Balaban J connectivity index is 1.97. The van der Waals surface area contributed by atoms with Crippen molar-refractivity contribution < 1.29 is 32.6 Å². The van der Waals surface area contributed by atoms with Gasteiger partial charge in [-0.25, -0.2) is 9.78 Å². The minimum atomic E-state index is -1.63. The highest BCUT2D eigenvalue weighted by atomic mass is 35.5. The SMILES string of the molecule is C#CC(COC(=O)C(C)C)(OC)[C@H](Cn1cnc2c(NCc3oc(=O)oc3C)nc(Cl)nc21)OC(=O)C(C)C. The molecular formula is C25H30ClN5O8. The van der Waals surface area contributed by atoms with Crippen molar-refractivity contribution in [3.63, 3.8) is 0 Å². The number of terminal acetylenes is 1. The molecule has 3 heterocycles. The van der Waals surface area contributed by atoms with Crippen molar-refractivity contribution in [3.8, 4) is 12.3 Å². The van der Waals surface area contributed by atoms with E-state index in [-0.39, 0.29) is 42.2 Å². The maximum Gasteiger partial charge on any atom is 0.519 e. The summed E-state index contributed by atoms with van der Waals surface area (Å²) in [5.41, 5.74) is -1.01. The predicted molar refractivity (Wildman–Crippen MR) is 139 cm³/mol. The number of ether oxygens (including phenoxy) is 3. The number of hydrogen-bond donors (Lipinski definition) is 1. The zero-order chi connectivity index (χ0) is 28.9. The smallest absolute Gasteiger partial charge is 0.461 e. The molecule has 39 heavy (non-hydrogen) atoms. The van der Waals surface area contributed by atoms with Gasteiger partial charge in [-0.2, -0.15) is 9.97 Å². The summed E-state index contributed by atoms with van der Waals surface area (Å²) in [6.45, 7) is 7.91. The molecule has 210 valence electrons. The molecule has 2 atom stereocenters. The van der Waals surface area contributed by atoms with Gasteiger partial charge in [0.2, 0.25) is 10.9 Å². The van der Waals surface area contributed by atoms with Crippen molar-refractivity contribution in [1.29, 1.82) is 0 Å². The van der Waals surface area contributed by atoms with Crippen molar-refractivity contribution >= 4 is 40.5 Å². The first-order valence-corrected chi connectivity index (χ1v) is 12.4. The molecular weight excluding hydrogens is 534 g/mol. The first-order chi connectivity index (χ1) is 18.4. The zero-order valence-electron chi connectivity index (χ0n) is 22.4. The standard InChI is InChI=1S/C25H30ClN5O8/c1-8-25(35-7,11-36-21(32)13(2)3)17(39-22(33)14(4)5)10-31-12-28-18-19(29-23(26)30-20(18)31)27-9-16-15(6)37-24(34)38-16/h1,12-14,17H,9-11H2,2-7H3,(H,27,29,30)/t17-,25?/m0/s1. The van der Waals surface area contributed by atoms with Crippen LogP contribution in [-0.4, -0.2) is 56.9 Å². The molecule has 0 aromatic carbocycles. The normalized spacial score (nSPS) is 13.7. The van der Waals surface area contributed by atoms with Gasteiger partial charge in [0.05, 0.1) is 31.3 Å². The molecule has 0 bridgehead atoms. The monoisotopic (exact) mass is 563 g/mol. The quantitative estimate of drug-likeness (QED) is 0.195. The second-order valence-electron chi connectivity index (χ2n) is 9.28. The number of fused-ring (bicyclic) bond motifs is 1. The molecule has 0 aliphatic rings. The summed E-state index contributed by atoms with van der Waals surface area (Å²) >= 11 is 6.20. The molecule has 0 aliphatic carbocycles. The van der Waals surface area contributed by atoms with Gasteiger partial charge in [-0.3, -0.25) is 9.59 Å². The Hall–Kier alpha value is -3.89. The Labute approximate surface area is 229 Å². The van der Waals surface area contributed by atoms with Gasteiger partial charge in [-0.1, -0.05) is 33.6 Å². The number of methoxy groups -OCH3 is 1. The van der Waals surface area contributed by atoms with E-state index in [1.165, 1.54) is 13.4 Å². The highest BCUT2D eigenvalue weighted by Crippen LogP contribution is 2.26. The topological polar surface area (TPSA) is 161 Å². The fourth-order valence-corrected chi connectivity index (χ4v) is 3.60. The molecule has 0 saturated carbocycles. The molecule has 0 fully saturated rings. The number of carbonyl (C=O) groups excluding carboxylic acids is 2. The van der Waals surface area contributed by atoms with Crippen molar-refractivity contribution in [2.45, 2.75) is 59.4 Å². The predicted octanol–water partition coefficient (Wildman–Crippen LogP) is 2.73. The number of hydrogen-bond acceptors (Lipinski definition) is 12. The third-order valence-electron chi connectivity index (χ3n) is 5.81. The maximum atomic E-state index is 12.7. The molecule has 0 aliphatic heterocycles. The Kier molecular flexibility index (Phi) is 9.36. The molecule has 0 radical (unpaired) electrons. The highest BCUT2D eigenvalue weighted by Gasteiger charge is 2.43. The molecule has 14 heteroatoms. The van der Waals surface area contributed by atoms with Crippen LogP contribution in [0.25, 0.3) is 11.2 Å². The van der Waals surface area contributed by atoms with E-state index in [9.17, 15) is 14.4 Å². The molecule has 3 rings (SSSR count). The number of anilines is 1. The van der Waals surface area contributed by atoms with Crippen molar-refractivity contribution in [2.75, 3.05) is 19.0 Å². The average Bonchev–Trinajstić information content (AvgIpc) is 3.44. The van der Waals surface area contributed by atoms with Crippen LogP contribution in [0.4, 0.5) is 5.82 Å². The van der Waals surface area contributed by atoms with Crippen LogP contribution in [-0.2, 0) is 36.9 Å². The minimum absolute atomic E-state index is 0.0621. The van der Waals surface area contributed by atoms with E-state index in [1.54, 1.807) is 39.2 Å². The Morgan fingerprint density at radius 1 is 1.21 bits per heavy atom. The fourth-order valence-electron chi connectivity index (χ4n) is 3.43. The summed E-state index contributed by atoms with van der Waals surface area (Å²) in [6, 6.07) is 0. The van der Waals surface area contributed by atoms with Crippen LogP contribution >= 0.6 is 11.6 Å². The van der Waals surface area contributed by atoms with E-state index in [0.717, 1.165) is 0 Å². The van der Waals surface area contributed by atoms with E-state index in [2.05, 4.69) is 26.2 Å². The third-order valence-corrected chi connectivity index (χ3v) is 5.98. The van der Waals surface area contributed by atoms with Crippen LogP contribution in [0, 0.1) is 31.1 Å². The van der Waals surface area contributed by atoms with Crippen LogP contribution in [0.15, 0.2) is 20.0 Å². The molecule has 3 aromatic rings. The van der Waals surface area contributed by atoms with Gasteiger partial charge in [0.25, 0.3) is 0 Å². The van der Waals surface area contributed by atoms with Crippen LogP contribution in [0.1, 0.15) is 39.2 Å². The Morgan fingerprint density at radius 3 is 2.46 bits per heavy atom. The van der Waals surface area contributed by atoms with E-state index >= 15 is 0 Å². The number of aryl methyl sites for hydroxylation is 1. The number of esters is 2. The number of nitrogens with one attached hydrogen (secondary N) is 1. The van der Waals surface area contributed by atoms with Gasteiger partial charge in [-0.05, 0) is 18.5 Å². The van der Waals surface area contributed by atoms with E-state index in [4.69, 9.17) is 41.1 Å². The largest absolute Gasteiger partial charge is 0.519 e. The highest BCUT2D eigenvalue weighted by molar-refractivity contribution is 6.28. The van der Waals surface area contributed by atoms with Gasteiger partial charge < -0.3 is 32.9 Å². The number of carbonyl (C=O) groups is 2. The van der Waals surface area contributed by atoms with E-state index < -0.39 is 41.3 Å². The Bertz CT molecular complexity index is 1440. The molecule has 13 nitrogen and oxygen atoms in total. The van der Waals surface area contributed by atoms with Crippen LogP contribution in [0.5, 0.6) is 0 Å². The molecule has 1 unspecified atom stereocenters. The van der Waals surface area contributed by atoms with Gasteiger partial charge >= 0.3 is 17.8 Å². The lowest BCUT2D eigenvalue weighted by Gasteiger charge is -2.35. The number of imidazole rings is 1. The molecule has 0 saturated heterocycles. The van der Waals surface area contributed by atoms with Crippen molar-refractivity contribution in [2.24, 2.45) is 11.8 Å². The van der Waals surface area contributed by atoms with Gasteiger partial charge in [-0.15, -0.1) is 6.42 Å². The van der Waals surface area contributed by atoms with Crippen molar-refractivity contribution in [1.82, 2.24) is 19.5 Å². The lowest BCUT2D eigenvalue weighted by Crippen LogP contribution is -2.52. The summed E-state index contributed by atoms with van der Waals surface area (Å²) in [6.07, 6.45) is 6.18. The Morgan fingerprint density at radius 2 is 1.90 bits per heavy atom. The first-order valence-electron chi connectivity index (χ1n) is 12.0. The number of nitrogens with zero attached hydrogens (tertiary/aromatic N) is 4. The second-order valence-corrected chi connectivity index (χ2v) is 9.62. The molecule has 3 aromatic heterocycles. The second kappa shape index (κ2) is 12.3. The van der Waals surface area contributed by atoms with Crippen LogP contribution < -0.4 is 11.1 Å². The first kappa shape index (κ1) is 29.7.